The molecule has 100 valence electrons. The van der Waals surface area contributed by atoms with Gasteiger partial charge in [-0.25, -0.2) is 0 Å². The van der Waals surface area contributed by atoms with Gasteiger partial charge in [-0.2, -0.15) is 5.10 Å². The van der Waals surface area contributed by atoms with Crippen molar-refractivity contribution in [1.29, 1.82) is 0 Å². The number of carbonyl (C=O) groups is 1. The van der Waals surface area contributed by atoms with Crippen LogP contribution in [0.25, 0.3) is 0 Å². The summed E-state index contributed by atoms with van der Waals surface area (Å²) in [6, 6.07) is 2.58. The van der Waals surface area contributed by atoms with Crippen molar-refractivity contribution in [1.82, 2.24) is 9.78 Å². The molecule has 2 rings (SSSR count). The van der Waals surface area contributed by atoms with Gasteiger partial charge in [-0.05, 0) is 31.2 Å². The first-order valence-corrected chi connectivity index (χ1v) is 7.21. The largest absolute Gasteiger partial charge is 0.299 e. The van der Waals surface area contributed by atoms with Gasteiger partial charge in [-0.1, -0.05) is 26.7 Å². The average Bonchev–Trinajstić information content (AvgIpc) is 2.95. The molecule has 0 spiro atoms. The fourth-order valence-electron chi connectivity index (χ4n) is 2.58. The molecular weight excluding hydrogens is 224 g/mol. The zero-order valence-corrected chi connectivity index (χ0v) is 11.6. The van der Waals surface area contributed by atoms with E-state index in [1.165, 1.54) is 25.7 Å². The minimum atomic E-state index is 0.320. The first kappa shape index (κ1) is 13.3. The van der Waals surface area contributed by atoms with Gasteiger partial charge in [-0.3, -0.25) is 9.48 Å². The highest BCUT2D eigenvalue weighted by atomic mass is 16.1. The van der Waals surface area contributed by atoms with E-state index in [0.29, 0.717) is 30.6 Å². The van der Waals surface area contributed by atoms with Crippen LogP contribution in [-0.4, -0.2) is 15.6 Å². The Morgan fingerprint density at radius 3 is 2.83 bits per heavy atom. The van der Waals surface area contributed by atoms with E-state index in [1.807, 2.05) is 12.3 Å². The van der Waals surface area contributed by atoms with Crippen molar-refractivity contribution in [3.8, 4) is 0 Å². The zero-order valence-electron chi connectivity index (χ0n) is 11.6. The fourth-order valence-corrected chi connectivity index (χ4v) is 2.58. The van der Waals surface area contributed by atoms with Gasteiger partial charge in [0.05, 0.1) is 18.2 Å². The van der Waals surface area contributed by atoms with E-state index < -0.39 is 0 Å². The van der Waals surface area contributed by atoms with Crippen LogP contribution in [0.5, 0.6) is 0 Å². The highest BCUT2D eigenvalue weighted by Crippen LogP contribution is 2.28. The highest BCUT2D eigenvalue weighted by Gasteiger charge is 2.18. The van der Waals surface area contributed by atoms with Gasteiger partial charge in [0.1, 0.15) is 5.78 Å². The lowest BCUT2D eigenvalue weighted by atomic mass is 10.0. The number of aromatic nitrogens is 2. The third-order valence-electron chi connectivity index (χ3n) is 3.74. The molecule has 3 nitrogen and oxygen atoms in total. The molecule has 1 aromatic rings. The molecule has 0 bridgehead atoms. The van der Waals surface area contributed by atoms with Gasteiger partial charge in [0.2, 0.25) is 0 Å². The molecule has 1 heterocycles. The summed E-state index contributed by atoms with van der Waals surface area (Å²) in [4.78, 5) is 11.8. The van der Waals surface area contributed by atoms with Crippen molar-refractivity contribution in [3.63, 3.8) is 0 Å². The van der Waals surface area contributed by atoms with Crippen LogP contribution in [-0.2, 0) is 11.2 Å². The van der Waals surface area contributed by atoms with E-state index in [1.54, 1.807) is 0 Å². The van der Waals surface area contributed by atoms with Crippen molar-refractivity contribution < 1.29 is 4.79 Å². The van der Waals surface area contributed by atoms with Gasteiger partial charge in [0.25, 0.3) is 0 Å². The SMILES string of the molecule is CC(C)CCC(=O)Cc1ccn(C2CCCC2)n1. The average molecular weight is 248 g/mol. The Kier molecular flexibility index (Phi) is 4.56. The Bertz CT molecular complexity index is 389. The highest BCUT2D eigenvalue weighted by molar-refractivity contribution is 5.80. The molecule has 0 aromatic carbocycles. The monoisotopic (exact) mass is 248 g/mol. The second-order valence-corrected chi connectivity index (χ2v) is 5.87. The molecule has 0 amide bonds. The van der Waals surface area contributed by atoms with Crippen LogP contribution in [0.2, 0.25) is 0 Å². The molecule has 3 heteroatoms. The lowest BCUT2D eigenvalue weighted by Gasteiger charge is -2.08. The maximum absolute atomic E-state index is 11.8. The van der Waals surface area contributed by atoms with Crippen molar-refractivity contribution in [3.05, 3.63) is 18.0 Å². The number of hydrogen-bond donors (Lipinski definition) is 0. The summed E-state index contributed by atoms with van der Waals surface area (Å²) in [7, 11) is 0. The molecule has 0 saturated heterocycles. The quantitative estimate of drug-likeness (QED) is 0.771. The molecule has 0 aliphatic heterocycles. The molecule has 1 aliphatic carbocycles. The Morgan fingerprint density at radius 1 is 1.44 bits per heavy atom. The van der Waals surface area contributed by atoms with Crippen molar-refractivity contribution in [2.75, 3.05) is 0 Å². The molecular formula is C15H24N2O. The van der Waals surface area contributed by atoms with Crippen LogP contribution >= 0.6 is 0 Å². The summed E-state index contributed by atoms with van der Waals surface area (Å²) in [5, 5.41) is 4.56. The van der Waals surface area contributed by atoms with E-state index in [4.69, 9.17) is 0 Å². The molecule has 1 aromatic heterocycles. The maximum atomic E-state index is 11.8. The lowest BCUT2D eigenvalue weighted by molar-refractivity contribution is -0.118. The molecule has 1 saturated carbocycles. The molecule has 0 radical (unpaired) electrons. The smallest absolute Gasteiger partial charge is 0.138 e. The Labute approximate surface area is 110 Å². The Hall–Kier alpha value is -1.12. The van der Waals surface area contributed by atoms with Gasteiger partial charge in [-0.15, -0.1) is 0 Å². The van der Waals surface area contributed by atoms with Gasteiger partial charge >= 0.3 is 0 Å². The first-order chi connectivity index (χ1) is 8.65. The minimum Gasteiger partial charge on any atom is -0.299 e. The number of ketones is 1. The second-order valence-electron chi connectivity index (χ2n) is 5.87. The number of Topliss-reactive ketones (excluding diaryl/α,β-unsaturated/α-hetero) is 1. The first-order valence-electron chi connectivity index (χ1n) is 7.21. The Balaban J connectivity index is 1.84. The van der Waals surface area contributed by atoms with E-state index in [-0.39, 0.29) is 0 Å². The van der Waals surface area contributed by atoms with E-state index >= 15 is 0 Å². The number of carbonyl (C=O) groups excluding carboxylic acids is 1. The van der Waals surface area contributed by atoms with E-state index in [9.17, 15) is 4.79 Å². The topological polar surface area (TPSA) is 34.9 Å². The van der Waals surface area contributed by atoms with Crippen molar-refractivity contribution >= 4 is 5.78 Å². The second kappa shape index (κ2) is 6.17. The third-order valence-corrected chi connectivity index (χ3v) is 3.74. The summed E-state index contributed by atoms with van der Waals surface area (Å²) in [6.07, 6.45) is 9.33. The van der Waals surface area contributed by atoms with Gasteiger partial charge in [0, 0.05) is 12.6 Å². The standard InChI is InChI=1S/C15H24N2O/c1-12(2)7-8-15(18)11-13-9-10-17(16-13)14-5-3-4-6-14/h9-10,12,14H,3-8,11H2,1-2H3. The number of rotatable bonds is 6. The van der Waals surface area contributed by atoms with Crippen LogP contribution < -0.4 is 0 Å². The summed E-state index contributed by atoms with van der Waals surface area (Å²) in [5.41, 5.74) is 0.940. The van der Waals surface area contributed by atoms with Gasteiger partial charge in [0.15, 0.2) is 0 Å². The summed E-state index contributed by atoms with van der Waals surface area (Å²) < 4.78 is 2.07. The van der Waals surface area contributed by atoms with Gasteiger partial charge < -0.3 is 0 Å². The molecule has 0 unspecified atom stereocenters. The number of nitrogens with zero attached hydrogens (tertiary/aromatic N) is 2. The molecule has 0 atom stereocenters. The molecule has 1 fully saturated rings. The van der Waals surface area contributed by atoms with Crippen LogP contribution in [0, 0.1) is 5.92 Å². The normalized spacial score (nSPS) is 16.6. The predicted molar refractivity (Wildman–Crippen MR) is 72.5 cm³/mol. The summed E-state index contributed by atoms with van der Waals surface area (Å²) in [5.74, 6) is 0.922. The summed E-state index contributed by atoms with van der Waals surface area (Å²) >= 11 is 0. The number of hydrogen-bond acceptors (Lipinski definition) is 2. The molecule has 0 N–H and O–H groups in total. The van der Waals surface area contributed by atoms with E-state index in [2.05, 4.69) is 23.6 Å². The van der Waals surface area contributed by atoms with Crippen LogP contribution in [0.4, 0.5) is 0 Å². The minimum absolute atomic E-state index is 0.320. The van der Waals surface area contributed by atoms with Crippen LogP contribution in [0.3, 0.4) is 0 Å². The molecule has 1 aliphatic rings. The summed E-state index contributed by atoms with van der Waals surface area (Å²) in [6.45, 7) is 4.31. The predicted octanol–water partition coefficient (Wildman–Crippen LogP) is 3.55. The van der Waals surface area contributed by atoms with Crippen molar-refractivity contribution in [2.24, 2.45) is 5.92 Å². The lowest BCUT2D eigenvalue weighted by Crippen LogP contribution is -2.08. The van der Waals surface area contributed by atoms with Crippen molar-refractivity contribution in [2.45, 2.75) is 64.8 Å². The zero-order chi connectivity index (χ0) is 13.0. The van der Waals surface area contributed by atoms with E-state index in [0.717, 1.165) is 12.1 Å². The third kappa shape index (κ3) is 3.69. The maximum Gasteiger partial charge on any atom is 0.138 e. The van der Waals surface area contributed by atoms with Crippen LogP contribution in [0.15, 0.2) is 12.3 Å². The fraction of sp³-hybridized carbons (Fsp3) is 0.733. The van der Waals surface area contributed by atoms with Crippen LogP contribution in [0.1, 0.15) is 64.1 Å². The molecule has 18 heavy (non-hydrogen) atoms. The Morgan fingerprint density at radius 2 is 2.17 bits per heavy atom.